The third-order valence-electron chi connectivity index (χ3n) is 8.93. The van der Waals surface area contributed by atoms with Crippen LogP contribution < -0.4 is 14.5 Å². The van der Waals surface area contributed by atoms with Gasteiger partial charge < -0.3 is 24.2 Å². The lowest BCUT2D eigenvalue weighted by Gasteiger charge is -2.42. The van der Waals surface area contributed by atoms with E-state index in [-0.39, 0.29) is 37.8 Å². The first-order valence-corrected chi connectivity index (χ1v) is 18.9. The minimum Gasteiger partial charge on any atom is -0.463 e. The second-order valence-corrected chi connectivity index (χ2v) is 14.5. The van der Waals surface area contributed by atoms with Gasteiger partial charge in [-0.3, -0.25) is 9.69 Å². The maximum absolute atomic E-state index is 13.9. The molecule has 0 radical (unpaired) electrons. The summed E-state index contributed by atoms with van der Waals surface area (Å²) in [5.41, 5.74) is 2.92. The van der Waals surface area contributed by atoms with Crippen molar-refractivity contribution in [2.24, 2.45) is 0 Å². The average Bonchev–Trinajstić information content (AvgIpc) is 3.09. The molecule has 2 fully saturated rings. The number of morpholine rings is 1. The summed E-state index contributed by atoms with van der Waals surface area (Å²) in [5.74, 6) is -1.05. The highest BCUT2D eigenvalue weighted by atomic mass is 127. The van der Waals surface area contributed by atoms with E-state index in [1.807, 2.05) is 18.2 Å². The fourth-order valence-electron chi connectivity index (χ4n) is 6.62. The van der Waals surface area contributed by atoms with Crippen LogP contribution in [0.4, 0.5) is 15.9 Å². The highest BCUT2D eigenvalue weighted by Crippen LogP contribution is 2.37. The summed E-state index contributed by atoms with van der Waals surface area (Å²) in [6, 6.07) is 14.1. The molecule has 13 heteroatoms. The Labute approximate surface area is 289 Å². The van der Waals surface area contributed by atoms with Crippen LogP contribution in [0, 0.1) is 11.3 Å². The van der Waals surface area contributed by atoms with Crippen molar-refractivity contribution in [3.63, 3.8) is 0 Å². The van der Waals surface area contributed by atoms with Crippen molar-refractivity contribution >= 4 is 65.0 Å². The van der Waals surface area contributed by atoms with E-state index in [4.69, 9.17) is 31.0 Å². The molecule has 4 heterocycles. The fourth-order valence-corrected chi connectivity index (χ4v) is 8.24. The highest BCUT2D eigenvalue weighted by molar-refractivity contribution is 14.2. The molecule has 3 aliphatic rings. The number of halogens is 3. The zero-order valence-electron chi connectivity index (χ0n) is 26.2. The summed E-state index contributed by atoms with van der Waals surface area (Å²) in [5, 5.41) is 12.3. The van der Waals surface area contributed by atoms with Crippen LogP contribution in [0.5, 0.6) is 6.01 Å². The standard InChI is InChI=1S/C34H38ClFIN7O3/c1-23(36)33(45)44-16-15-43(20-25(44)10-12-38)32-26-11-14-42(29-9-4-7-24-6-3-8-27(35)31(24)29)21-28(26)39-34(40-32)47-18-5-13-41-17-19-46-30(22-41)37-2/h3-4,6-9,25,30H,1-2,5,10-11,13-22H2/t25-,30+/m0/s1. The molecule has 3 aliphatic heterocycles. The Kier molecular flexibility index (Phi) is 10.9. The molecule has 0 N–H and O–H groups in total. The number of piperazine rings is 1. The topological polar surface area (TPSA) is 98.1 Å². The van der Waals surface area contributed by atoms with Gasteiger partial charge in [0, 0.05) is 62.5 Å². The van der Waals surface area contributed by atoms with Crippen LogP contribution in [0.25, 0.3) is 10.8 Å². The average molecular weight is 774 g/mol. The predicted molar refractivity (Wildman–Crippen MR) is 191 cm³/mol. The molecule has 0 saturated carbocycles. The van der Waals surface area contributed by atoms with Gasteiger partial charge in [-0.15, -0.1) is 0 Å². The number of hydrogen-bond acceptors (Lipinski definition) is 9. The summed E-state index contributed by atoms with van der Waals surface area (Å²) < 4.78 is 30.2. The van der Waals surface area contributed by atoms with Gasteiger partial charge in [0.25, 0.3) is 5.91 Å². The van der Waals surface area contributed by atoms with E-state index in [0.717, 1.165) is 72.7 Å². The number of alkyl halides is 1. The Bertz CT molecular complexity index is 1700. The van der Waals surface area contributed by atoms with E-state index < -0.39 is 17.8 Å². The number of rotatable bonds is 10. The molecule has 248 valence electrons. The van der Waals surface area contributed by atoms with Crippen LogP contribution in [-0.2, 0) is 22.5 Å². The smallest absolute Gasteiger partial charge is 0.318 e. The molecule has 0 aliphatic carbocycles. The first-order chi connectivity index (χ1) is 22.9. The molecule has 1 amide bonds. The molecule has 0 spiro atoms. The van der Waals surface area contributed by atoms with E-state index in [9.17, 15) is 14.4 Å². The number of nitriles is 1. The van der Waals surface area contributed by atoms with Crippen LogP contribution in [0.3, 0.4) is 0 Å². The van der Waals surface area contributed by atoms with Crippen molar-refractivity contribution in [1.82, 2.24) is 19.8 Å². The van der Waals surface area contributed by atoms with Crippen molar-refractivity contribution in [2.45, 2.75) is 36.0 Å². The second-order valence-electron chi connectivity index (χ2n) is 11.8. The van der Waals surface area contributed by atoms with Crippen molar-refractivity contribution in [2.75, 3.05) is 68.8 Å². The van der Waals surface area contributed by atoms with Crippen LogP contribution in [0.1, 0.15) is 24.1 Å². The first-order valence-electron chi connectivity index (χ1n) is 15.8. The quantitative estimate of drug-likeness (QED) is 0.121. The Morgan fingerprint density at radius 2 is 1.98 bits per heavy atom. The van der Waals surface area contributed by atoms with Crippen molar-refractivity contribution in [3.05, 3.63) is 65.1 Å². The lowest BCUT2D eigenvalue weighted by molar-refractivity contribution is -0.131. The fraction of sp³-hybridized carbons (Fsp3) is 0.441. The van der Waals surface area contributed by atoms with Gasteiger partial charge in [-0.1, -0.05) is 67.7 Å². The summed E-state index contributed by atoms with van der Waals surface area (Å²) in [7, 11) is 0. The van der Waals surface area contributed by atoms with Crippen molar-refractivity contribution in [1.29, 1.82) is 5.26 Å². The van der Waals surface area contributed by atoms with Crippen LogP contribution in [0.2, 0.25) is 5.02 Å². The number of carbonyl (C=O) groups is 1. The van der Waals surface area contributed by atoms with E-state index in [1.54, 1.807) is 0 Å². The molecule has 3 aromatic rings. The highest BCUT2D eigenvalue weighted by Gasteiger charge is 2.35. The Hall–Kier alpha value is -3.38. The van der Waals surface area contributed by atoms with Crippen LogP contribution in [0.15, 0.2) is 48.8 Å². The number of hydrogen-bond donors (Lipinski definition) is 0. The van der Waals surface area contributed by atoms with E-state index in [2.05, 4.69) is 50.1 Å². The molecule has 2 aromatic carbocycles. The second kappa shape index (κ2) is 15.2. The van der Waals surface area contributed by atoms with E-state index in [1.165, 1.54) is 4.90 Å². The lowest BCUT2D eigenvalue weighted by atomic mass is 10.0. The Balaban J connectivity index is 1.26. The monoisotopic (exact) mass is 773 g/mol. The number of anilines is 2. The molecule has 1 aromatic heterocycles. The number of amides is 1. The molecular formula is C34H38ClFIN7O3. The third kappa shape index (κ3) is 7.53. The zero-order valence-corrected chi connectivity index (χ0v) is 29.1. The molecule has 0 bridgehead atoms. The molecule has 0 unspecified atom stereocenters. The van der Waals surface area contributed by atoms with Gasteiger partial charge in [-0.05, 0) is 30.4 Å². The van der Waals surface area contributed by atoms with Crippen LogP contribution >= 0.6 is 32.3 Å². The number of ether oxygens (including phenoxy) is 2. The largest absolute Gasteiger partial charge is 0.463 e. The molecule has 2 atom stereocenters. The third-order valence-corrected chi connectivity index (χ3v) is 11.0. The van der Waals surface area contributed by atoms with Gasteiger partial charge in [0.05, 0.1) is 49.0 Å². The maximum atomic E-state index is 13.9. The molecule has 47 heavy (non-hydrogen) atoms. The minimum atomic E-state index is -1.02. The lowest BCUT2D eigenvalue weighted by Crippen LogP contribution is -2.55. The van der Waals surface area contributed by atoms with E-state index in [0.29, 0.717) is 43.7 Å². The number of benzene rings is 2. The number of nitrogens with zero attached hydrogens (tertiary/aromatic N) is 7. The Morgan fingerprint density at radius 3 is 2.77 bits per heavy atom. The van der Waals surface area contributed by atoms with Gasteiger partial charge in [0.15, 0.2) is 5.83 Å². The van der Waals surface area contributed by atoms with Crippen molar-refractivity contribution in [3.8, 4) is 12.1 Å². The molecule has 2 saturated heterocycles. The number of fused-ring (bicyclic) bond motifs is 2. The summed E-state index contributed by atoms with van der Waals surface area (Å²) in [6.07, 6.45) is 1.57. The van der Waals surface area contributed by atoms with Gasteiger partial charge in [-0.2, -0.15) is 15.2 Å². The van der Waals surface area contributed by atoms with Gasteiger partial charge in [0.1, 0.15) is 9.93 Å². The molecule has 10 nitrogen and oxygen atoms in total. The Morgan fingerprint density at radius 1 is 1.15 bits per heavy atom. The summed E-state index contributed by atoms with van der Waals surface area (Å²) in [4.78, 5) is 30.6. The normalized spacial score (nSPS) is 20.1. The van der Waals surface area contributed by atoms with Gasteiger partial charge in [-0.25, -0.2) is 4.39 Å². The molecule has 6 rings (SSSR count). The van der Waals surface area contributed by atoms with Crippen LogP contribution in [-0.4, -0.2) is 99.4 Å². The summed E-state index contributed by atoms with van der Waals surface area (Å²) in [6.45, 7) is 9.38. The molecular weight excluding hydrogens is 736 g/mol. The predicted octanol–water partition coefficient (Wildman–Crippen LogP) is 5.09. The van der Waals surface area contributed by atoms with Gasteiger partial charge in [0.2, 0.25) is 0 Å². The first kappa shape index (κ1) is 33.5. The SMILES string of the molecule is C=I[C@H]1CN(CCCOc2nc3c(c(N4CCN(C(=O)C(=C)F)[C@@H](CC#N)C4)n2)CCN(c2cccc4cccc(Cl)c24)C3)CCO1. The van der Waals surface area contributed by atoms with Gasteiger partial charge >= 0.3 is 6.01 Å². The zero-order chi connectivity index (χ0) is 32.9. The number of aromatic nitrogens is 2. The van der Waals surface area contributed by atoms with E-state index >= 15 is 0 Å². The van der Waals surface area contributed by atoms with Crippen molar-refractivity contribution < 1.29 is 18.7 Å². The maximum Gasteiger partial charge on any atom is 0.318 e. The number of carbonyl (C=O) groups excluding carboxylic acids is 1. The summed E-state index contributed by atoms with van der Waals surface area (Å²) >= 11 is 6.49. The minimum absolute atomic E-state index is 0.0697.